The van der Waals surface area contributed by atoms with Crippen LogP contribution in [0, 0.1) is 46.7 Å². The van der Waals surface area contributed by atoms with Crippen LogP contribution in [0.4, 0.5) is 10.1 Å². The molecule has 0 aromatic heterocycles. The highest BCUT2D eigenvalue weighted by Crippen LogP contribution is 2.41. The number of nitrogens with one attached hydrogen (secondary N) is 2. The summed E-state index contributed by atoms with van der Waals surface area (Å²) in [6.45, 7) is 4.91. The Morgan fingerprint density at radius 3 is 2.69 bits per heavy atom. The van der Waals surface area contributed by atoms with Crippen LogP contribution in [0.1, 0.15) is 19.4 Å². The third-order valence-corrected chi connectivity index (χ3v) is 5.14. The van der Waals surface area contributed by atoms with Gasteiger partial charge in [-0.3, -0.25) is 9.59 Å². The number of carbonyl (C=O) groups is 2. The summed E-state index contributed by atoms with van der Waals surface area (Å²) < 4.78 is 13.5. The maximum atomic E-state index is 13.5. The molecular formula is C18H17FN4O2S. The normalized spacial score (nSPS) is 18.5. The topological polar surface area (TPSA) is 106 Å². The molecule has 1 aliphatic heterocycles. The second kappa shape index (κ2) is 7.59. The molecule has 1 heterocycles. The fraction of sp³-hybridized carbons (Fsp3) is 0.333. The third kappa shape index (κ3) is 3.87. The molecular weight excluding hydrogens is 355 g/mol. The van der Waals surface area contributed by atoms with Crippen molar-refractivity contribution in [2.45, 2.75) is 20.8 Å². The minimum Gasteiger partial charge on any atom is -0.325 e. The van der Waals surface area contributed by atoms with Gasteiger partial charge in [0.2, 0.25) is 11.8 Å². The van der Waals surface area contributed by atoms with Crippen LogP contribution in [-0.2, 0) is 9.59 Å². The van der Waals surface area contributed by atoms with Gasteiger partial charge in [-0.05, 0) is 24.6 Å². The molecule has 0 aliphatic carbocycles. The van der Waals surface area contributed by atoms with Crippen molar-refractivity contribution < 1.29 is 14.0 Å². The number of hydrogen-bond donors (Lipinski definition) is 2. The predicted molar refractivity (Wildman–Crippen MR) is 95.9 cm³/mol. The SMILES string of the molecule is Cc1ccc(NC(=O)CSC2=C(C#N)C(C)(C)[C@H](C#N)C(=O)N2)cc1F. The number of rotatable bonds is 4. The van der Waals surface area contributed by atoms with Crippen molar-refractivity contribution in [3.63, 3.8) is 0 Å². The van der Waals surface area contributed by atoms with Gasteiger partial charge in [-0.25, -0.2) is 4.39 Å². The average Bonchev–Trinajstić information content (AvgIpc) is 2.56. The Morgan fingerprint density at radius 2 is 2.12 bits per heavy atom. The van der Waals surface area contributed by atoms with Crippen LogP contribution in [-0.4, -0.2) is 17.6 Å². The van der Waals surface area contributed by atoms with Crippen LogP contribution in [0.15, 0.2) is 28.8 Å². The van der Waals surface area contributed by atoms with Gasteiger partial charge in [0.15, 0.2) is 0 Å². The van der Waals surface area contributed by atoms with Crippen molar-refractivity contribution in [1.29, 1.82) is 10.5 Å². The molecule has 2 amide bonds. The summed E-state index contributed by atoms with van der Waals surface area (Å²) in [5.74, 6) is -2.39. The van der Waals surface area contributed by atoms with E-state index in [4.69, 9.17) is 0 Å². The molecule has 0 bridgehead atoms. The van der Waals surface area contributed by atoms with Crippen LogP contribution >= 0.6 is 11.8 Å². The smallest absolute Gasteiger partial charge is 0.243 e. The van der Waals surface area contributed by atoms with Crippen LogP contribution in [0.2, 0.25) is 0 Å². The lowest BCUT2D eigenvalue weighted by Crippen LogP contribution is -2.44. The van der Waals surface area contributed by atoms with Gasteiger partial charge in [-0.15, -0.1) is 0 Å². The molecule has 134 valence electrons. The molecule has 0 saturated carbocycles. The zero-order valence-electron chi connectivity index (χ0n) is 14.5. The molecule has 1 aromatic carbocycles. The molecule has 26 heavy (non-hydrogen) atoms. The van der Waals surface area contributed by atoms with E-state index >= 15 is 0 Å². The third-order valence-electron chi connectivity index (χ3n) is 4.14. The molecule has 1 aliphatic rings. The average molecular weight is 372 g/mol. The highest BCUT2D eigenvalue weighted by Gasteiger charge is 2.44. The maximum Gasteiger partial charge on any atom is 0.243 e. The first kappa shape index (κ1) is 19.5. The minimum absolute atomic E-state index is 0.0798. The molecule has 1 atom stereocenters. The molecule has 1 aromatic rings. The van der Waals surface area contributed by atoms with E-state index < -0.39 is 29.0 Å². The van der Waals surface area contributed by atoms with Crippen LogP contribution < -0.4 is 10.6 Å². The summed E-state index contributed by atoms with van der Waals surface area (Å²) in [5.41, 5.74) is 0.0963. The van der Waals surface area contributed by atoms with Gasteiger partial charge in [0.25, 0.3) is 0 Å². The van der Waals surface area contributed by atoms with Crippen molar-refractivity contribution >= 4 is 29.3 Å². The minimum atomic E-state index is -0.981. The van der Waals surface area contributed by atoms with Gasteiger partial charge in [0.1, 0.15) is 11.7 Å². The van der Waals surface area contributed by atoms with E-state index in [1.54, 1.807) is 32.9 Å². The molecule has 8 heteroatoms. The first-order chi connectivity index (χ1) is 12.2. The van der Waals surface area contributed by atoms with E-state index in [0.29, 0.717) is 11.3 Å². The Bertz CT molecular complexity index is 880. The number of thioether (sulfide) groups is 1. The van der Waals surface area contributed by atoms with Crippen LogP contribution in [0.5, 0.6) is 0 Å². The van der Waals surface area contributed by atoms with Gasteiger partial charge >= 0.3 is 0 Å². The number of aryl methyl sites for hydroxylation is 1. The second-order valence-corrected chi connectivity index (χ2v) is 7.38. The second-order valence-electron chi connectivity index (χ2n) is 6.39. The summed E-state index contributed by atoms with van der Waals surface area (Å²) in [4.78, 5) is 24.2. The number of allylic oxidation sites excluding steroid dienone is 1. The molecule has 6 nitrogen and oxygen atoms in total. The first-order valence-corrected chi connectivity index (χ1v) is 8.73. The van der Waals surface area contributed by atoms with E-state index in [-0.39, 0.29) is 16.4 Å². The molecule has 2 rings (SSSR count). The van der Waals surface area contributed by atoms with E-state index in [9.17, 15) is 24.5 Å². The molecule has 0 radical (unpaired) electrons. The van der Waals surface area contributed by atoms with E-state index in [2.05, 4.69) is 10.6 Å². The van der Waals surface area contributed by atoms with Crippen molar-refractivity contribution in [3.05, 3.63) is 40.2 Å². The molecule has 0 unspecified atom stereocenters. The van der Waals surface area contributed by atoms with E-state index in [1.807, 2.05) is 12.1 Å². The Balaban J connectivity index is 2.12. The highest BCUT2D eigenvalue weighted by atomic mass is 32.2. The van der Waals surface area contributed by atoms with Gasteiger partial charge in [-0.2, -0.15) is 10.5 Å². The zero-order chi connectivity index (χ0) is 19.5. The fourth-order valence-electron chi connectivity index (χ4n) is 2.54. The Kier molecular flexibility index (Phi) is 5.69. The lowest BCUT2D eigenvalue weighted by atomic mass is 9.72. The Labute approximate surface area is 155 Å². The molecule has 2 N–H and O–H groups in total. The standard InChI is InChI=1S/C18H17FN4O2S/c1-10-4-5-11(6-14(10)19)22-15(24)9-26-17-13(8-21)18(2,3)12(7-20)16(25)23-17/h4-6,12H,9H2,1-3H3,(H,22,24)(H,23,25)/t12-/m1/s1. The monoisotopic (exact) mass is 372 g/mol. The summed E-state index contributed by atoms with van der Waals surface area (Å²) in [7, 11) is 0. The van der Waals surface area contributed by atoms with Crippen LogP contribution in [0.3, 0.4) is 0 Å². The summed E-state index contributed by atoms with van der Waals surface area (Å²) in [5, 5.41) is 24.0. The van der Waals surface area contributed by atoms with Gasteiger partial charge in [0.05, 0.1) is 28.5 Å². The lowest BCUT2D eigenvalue weighted by Gasteiger charge is -2.34. The molecule has 0 saturated heterocycles. The summed E-state index contributed by atoms with van der Waals surface area (Å²) in [6.07, 6.45) is 0. The van der Waals surface area contributed by atoms with E-state index in [0.717, 1.165) is 11.8 Å². The number of halogens is 1. The Hall–Kier alpha value is -2.84. The van der Waals surface area contributed by atoms with Gasteiger partial charge in [-0.1, -0.05) is 31.7 Å². The number of nitrogens with zero attached hydrogens (tertiary/aromatic N) is 2. The predicted octanol–water partition coefficient (Wildman–Crippen LogP) is 2.84. The zero-order valence-corrected chi connectivity index (χ0v) is 15.3. The summed E-state index contributed by atoms with van der Waals surface area (Å²) in [6, 6.07) is 8.31. The first-order valence-electron chi connectivity index (χ1n) is 7.74. The fourth-order valence-corrected chi connectivity index (χ4v) is 3.51. The number of amides is 2. The van der Waals surface area contributed by atoms with Gasteiger partial charge in [0, 0.05) is 11.1 Å². The molecule has 0 fully saturated rings. The maximum absolute atomic E-state index is 13.5. The number of nitriles is 2. The lowest BCUT2D eigenvalue weighted by molar-refractivity contribution is -0.125. The van der Waals surface area contributed by atoms with Gasteiger partial charge < -0.3 is 10.6 Å². The van der Waals surface area contributed by atoms with Crippen molar-refractivity contribution in [3.8, 4) is 12.1 Å². The van der Waals surface area contributed by atoms with Crippen molar-refractivity contribution in [2.75, 3.05) is 11.1 Å². The number of carbonyl (C=O) groups excluding carboxylic acids is 2. The van der Waals surface area contributed by atoms with Crippen molar-refractivity contribution in [1.82, 2.24) is 5.32 Å². The highest BCUT2D eigenvalue weighted by molar-refractivity contribution is 8.03. The number of benzene rings is 1. The van der Waals surface area contributed by atoms with Crippen LogP contribution in [0.25, 0.3) is 0 Å². The molecule has 0 spiro atoms. The Morgan fingerprint density at radius 1 is 1.42 bits per heavy atom. The summed E-state index contributed by atoms with van der Waals surface area (Å²) >= 11 is 0.993. The van der Waals surface area contributed by atoms with E-state index in [1.165, 1.54) is 6.07 Å². The number of anilines is 1. The largest absolute Gasteiger partial charge is 0.325 e. The number of hydrogen-bond acceptors (Lipinski definition) is 5. The quantitative estimate of drug-likeness (QED) is 0.845. The van der Waals surface area contributed by atoms with Crippen molar-refractivity contribution in [2.24, 2.45) is 11.3 Å².